The summed E-state index contributed by atoms with van der Waals surface area (Å²) < 4.78 is 4.51. The van der Waals surface area contributed by atoms with Crippen LogP contribution in [0, 0.1) is 13.8 Å². The minimum absolute atomic E-state index is 0. The fourth-order valence-electron chi connectivity index (χ4n) is 6.68. The van der Waals surface area contributed by atoms with Crippen LogP contribution in [-0.2, 0) is 13.1 Å². The molecule has 0 aliphatic carbocycles. The van der Waals surface area contributed by atoms with Crippen molar-refractivity contribution in [2.75, 3.05) is 0 Å². The van der Waals surface area contributed by atoms with E-state index in [0.29, 0.717) is 0 Å². The lowest BCUT2D eigenvalue weighted by Gasteiger charge is -2.06. The Balaban J connectivity index is 0.00000225. The van der Waals surface area contributed by atoms with Crippen LogP contribution in [0.4, 0.5) is 0 Å². The predicted octanol–water partition coefficient (Wildman–Crippen LogP) is 2.34. The zero-order valence-electron chi connectivity index (χ0n) is 28.0. The minimum Gasteiger partial charge on any atom is -1.00 e. The number of nitrogens with one attached hydrogen (secondary N) is 2. The summed E-state index contributed by atoms with van der Waals surface area (Å²) in [4.78, 5) is 17.9. The van der Waals surface area contributed by atoms with Crippen molar-refractivity contribution in [1.29, 1.82) is 0 Å². The van der Waals surface area contributed by atoms with E-state index in [9.17, 15) is 0 Å². The number of nitrogens with zero attached hydrogens (tertiary/aromatic N) is 4. The first-order valence-corrected chi connectivity index (χ1v) is 16.4. The Labute approximate surface area is 303 Å². The number of H-pyrrole nitrogens is 2. The second-order valence-corrected chi connectivity index (χ2v) is 12.6. The molecule has 0 aromatic carbocycles. The molecule has 2 N–H and O–H groups in total. The van der Waals surface area contributed by atoms with Gasteiger partial charge in [-0.05, 0) is 110 Å². The second-order valence-electron chi connectivity index (χ2n) is 12.6. The van der Waals surface area contributed by atoms with Crippen molar-refractivity contribution in [2.24, 2.45) is 0 Å². The molecule has 2 aliphatic rings. The van der Waals surface area contributed by atoms with Crippen molar-refractivity contribution in [3.05, 3.63) is 131 Å². The highest BCUT2D eigenvalue weighted by molar-refractivity contribution is 5.95. The van der Waals surface area contributed by atoms with Gasteiger partial charge in [-0.1, -0.05) is 12.1 Å². The normalized spacial score (nSPS) is 12.6. The smallest absolute Gasteiger partial charge is 0.168 e. The summed E-state index contributed by atoms with van der Waals surface area (Å²) in [5, 5.41) is 0. The van der Waals surface area contributed by atoms with Crippen LogP contribution in [0.3, 0.4) is 0 Å². The largest absolute Gasteiger partial charge is 1.00 e. The lowest BCUT2D eigenvalue weighted by molar-refractivity contribution is -0.697. The SMILES string of the molecule is CC1=C(CCC[n+]2ccccc2)c2cc3nc(cc4[nH]c(cc4C)cc4[nH]c(cc1n2)cc4C)C(C)=C3CCC[n+]1ccccc1.[Br-].[Br-]. The summed E-state index contributed by atoms with van der Waals surface area (Å²) in [7, 11) is 0. The van der Waals surface area contributed by atoms with Gasteiger partial charge in [0.2, 0.25) is 0 Å². The van der Waals surface area contributed by atoms with Gasteiger partial charge < -0.3 is 43.9 Å². The van der Waals surface area contributed by atoms with E-state index in [4.69, 9.17) is 9.97 Å². The molecular weight excluding hydrogens is 724 g/mol. The number of aromatic amines is 2. The number of aromatic nitrogens is 6. The average molecular weight is 767 g/mol. The number of rotatable bonds is 8. The Hall–Kier alpha value is -4.14. The molecule has 0 spiro atoms. The van der Waals surface area contributed by atoms with E-state index in [1.54, 1.807) is 0 Å². The molecule has 0 saturated carbocycles. The van der Waals surface area contributed by atoms with Gasteiger partial charge >= 0.3 is 0 Å². The molecule has 2 aliphatic heterocycles. The summed E-state index contributed by atoms with van der Waals surface area (Å²) in [6, 6.07) is 25.8. The van der Waals surface area contributed by atoms with Crippen molar-refractivity contribution in [3.8, 4) is 0 Å². The Morgan fingerprint density at radius 1 is 0.500 bits per heavy atom. The molecule has 0 atom stereocenters. The molecule has 0 amide bonds. The van der Waals surface area contributed by atoms with Crippen molar-refractivity contribution in [2.45, 2.75) is 66.5 Å². The molecule has 5 aromatic rings. The van der Waals surface area contributed by atoms with Gasteiger partial charge in [0, 0.05) is 59.2 Å². The number of halogens is 2. The maximum Gasteiger partial charge on any atom is 0.168 e. The molecule has 48 heavy (non-hydrogen) atoms. The monoisotopic (exact) mass is 764 g/mol. The lowest BCUT2D eigenvalue weighted by atomic mass is 9.98. The van der Waals surface area contributed by atoms with Crippen LogP contribution in [0.25, 0.3) is 44.4 Å². The van der Waals surface area contributed by atoms with Crippen LogP contribution in [0.5, 0.6) is 0 Å². The Morgan fingerprint density at radius 3 is 1.44 bits per heavy atom. The predicted molar refractivity (Wildman–Crippen MR) is 187 cm³/mol. The van der Waals surface area contributed by atoms with Gasteiger partial charge in [-0.25, -0.2) is 19.1 Å². The molecule has 5 aromatic heterocycles. The van der Waals surface area contributed by atoms with Crippen molar-refractivity contribution in [1.82, 2.24) is 19.9 Å². The van der Waals surface area contributed by atoms with Crippen LogP contribution in [0.1, 0.15) is 73.4 Å². The molecule has 246 valence electrons. The highest BCUT2D eigenvalue weighted by atomic mass is 79.9. The molecule has 6 nitrogen and oxygen atoms in total. The van der Waals surface area contributed by atoms with Gasteiger partial charge in [-0.3, -0.25) is 0 Å². The number of fused-ring (bicyclic) bond motifs is 8. The fraction of sp³-hybridized carbons (Fsp3) is 0.250. The molecule has 0 radical (unpaired) electrons. The first kappa shape index (κ1) is 35.2. The van der Waals surface area contributed by atoms with Crippen molar-refractivity contribution in [3.63, 3.8) is 0 Å². The third-order valence-corrected chi connectivity index (χ3v) is 9.31. The maximum atomic E-state index is 5.29. The number of aryl methyl sites for hydroxylation is 4. The maximum absolute atomic E-state index is 5.29. The average Bonchev–Trinajstić information content (AvgIpc) is 3.75. The molecule has 8 heteroatoms. The van der Waals surface area contributed by atoms with E-state index in [-0.39, 0.29) is 34.0 Å². The van der Waals surface area contributed by atoms with Gasteiger partial charge in [0.25, 0.3) is 0 Å². The lowest BCUT2D eigenvalue weighted by Crippen LogP contribution is -3.00. The van der Waals surface area contributed by atoms with Gasteiger partial charge in [0.1, 0.15) is 13.1 Å². The van der Waals surface area contributed by atoms with Crippen LogP contribution >= 0.6 is 0 Å². The van der Waals surface area contributed by atoms with Crippen LogP contribution < -0.4 is 43.1 Å². The van der Waals surface area contributed by atoms with E-state index in [0.717, 1.165) is 83.6 Å². The molecule has 7 rings (SSSR count). The number of hydrogen-bond acceptors (Lipinski definition) is 2. The minimum atomic E-state index is 0. The third kappa shape index (κ3) is 7.61. The van der Waals surface area contributed by atoms with Gasteiger partial charge in [-0.2, -0.15) is 0 Å². The number of pyridine rings is 2. The highest BCUT2D eigenvalue weighted by Crippen LogP contribution is 2.37. The van der Waals surface area contributed by atoms with Gasteiger partial charge in [0.15, 0.2) is 24.8 Å². The second kappa shape index (κ2) is 15.4. The summed E-state index contributed by atoms with van der Waals surface area (Å²) in [5.74, 6) is 0. The topological polar surface area (TPSA) is 65.1 Å². The first-order valence-electron chi connectivity index (χ1n) is 16.4. The summed E-state index contributed by atoms with van der Waals surface area (Å²) in [6.45, 7) is 10.7. The summed E-state index contributed by atoms with van der Waals surface area (Å²) in [6.07, 6.45) is 12.5. The number of allylic oxidation sites excluding steroid dienone is 4. The highest BCUT2D eigenvalue weighted by Gasteiger charge is 2.22. The molecule has 8 bridgehead atoms. The number of hydrogen-bond donors (Lipinski definition) is 2. The van der Waals surface area contributed by atoms with E-state index < -0.39 is 0 Å². The quantitative estimate of drug-likeness (QED) is 0.239. The van der Waals surface area contributed by atoms with Crippen molar-refractivity contribution >= 4 is 44.4 Å². The third-order valence-electron chi connectivity index (χ3n) is 9.31. The van der Waals surface area contributed by atoms with Gasteiger partial charge in [-0.15, -0.1) is 0 Å². The van der Waals surface area contributed by atoms with E-state index in [2.05, 4.69) is 144 Å². The Bertz CT molecular complexity index is 2140. The fourth-order valence-corrected chi connectivity index (χ4v) is 6.68. The molecule has 0 unspecified atom stereocenters. The molecular formula is C40H42Br2N6. The van der Waals surface area contributed by atoms with E-state index in [1.165, 1.54) is 33.4 Å². The van der Waals surface area contributed by atoms with Crippen LogP contribution in [0.2, 0.25) is 0 Å². The standard InChI is InChI=1S/C40H42N6.2BrH/c1-27-21-32-24-37-29(3)33(13-11-19-45-15-7-5-8-16-45)39(43-37)26-40-34(14-12-20-46-17-9-6-10-18-46)30(4)38(44-40)25-36-28(2)22-31(42-36)23-35(27)41-32;;/h5-10,15-18,21-26,41-42H,11-14,19-20H2,1-4H3;2*1H/q+2;;/p-2. The summed E-state index contributed by atoms with van der Waals surface area (Å²) in [5.41, 5.74) is 16.0. The van der Waals surface area contributed by atoms with E-state index >= 15 is 0 Å². The first-order chi connectivity index (χ1) is 22.4. The molecule has 7 heterocycles. The summed E-state index contributed by atoms with van der Waals surface area (Å²) >= 11 is 0. The van der Waals surface area contributed by atoms with Gasteiger partial charge in [0.05, 0.1) is 22.8 Å². The zero-order chi connectivity index (χ0) is 31.6. The molecule has 0 saturated heterocycles. The van der Waals surface area contributed by atoms with Crippen LogP contribution in [-0.4, -0.2) is 19.9 Å². The van der Waals surface area contributed by atoms with E-state index in [1.807, 2.05) is 0 Å². The Morgan fingerprint density at radius 2 is 0.938 bits per heavy atom. The molecule has 0 fully saturated rings. The van der Waals surface area contributed by atoms with Crippen LogP contribution in [0.15, 0.2) is 97.6 Å². The van der Waals surface area contributed by atoms with Crippen molar-refractivity contribution < 1.29 is 43.1 Å². The zero-order valence-corrected chi connectivity index (χ0v) is 31.2. The Kier molecular flexibility index (Phi) is 11.3.